The predicted octanol–water partition coefficient (Wildman–Crippen LogP) is 3.94. The third-order valence-electron chi connectivity index (χ3n) is 1.74. The van der Waals surface area contributed by atoms with Crippen molar-refractivity contribution in [3.05, 3.63) is 45.1 Å². The molecule has 0 saturated heterocycles. The molecule has 0 atom stereocenters. The van der Waals surface area contributed by atoms with Gasteiger partial charge in [-0.2, -0.15) is 5.10 Å². The lowest BCUT2D eigenvalue weighted by Crippen LogP contribution is -1.95. The van der Waals surface area contributed by atoms with E-state index in [0.29, 0.717) is 10.0 Å². The molecule has 2 nitrogen and oxygen atoms in total. The van der Waals surface area contributed by atoms with Crippen LogP contribution in [0.3, 0.4) is 0 Å². The second kappa shape index (κ2) is 3.93. The summed E-state index contributed by atoms with van der Waals surface area (Å²) in [4.78, 5) is 0. The molecule has 2 rings (SSSR count). The van der Waals surface area contributed by atoms with Gasteiger partial charge in [0, 0.05) is 0 Å². The van der Waals surface area contributed by atoms with Crippen molar-refractivity contribution in [2.75, 3.05) is 0 Å². The minimum Gasteiger partial charge on any atom is -0.227 e. The van der Waals surface area contributed by atoms with Crippen LogP contribution < -0.4 is 0 Å². The van der Waals surface area contributed by atoms with E-state index in [1.54, 1.807) is 23.0 Å². The molecule has 72 valence electrons. The first-order chi connectivity index (χ1) is 6.68. The van der Waals surface area contributed by atoms with E-state index in [1.165, 1.54) is 0 Å². The van der Waals surface area contributed by atoms with Crippen molar-refractivity contribution in [3.8, 4) is 5.69 Å². The normalized spacial score (nSPS) is 10.5. The second-order valence-electron chi connectivity index (χ2n) is 2.66. The van der Waals surface area contributed by atoms with Crippen LogP contribution in [0.2, 0.25) is 10.0 Å². The lowest BCUT2D eigenvalue weighted by atomic mass is 10.3. The Balaban J connectivity index is 2.53. The summed E-state index contributed by atoms with van der Waals surface area (Å²) in [6, 6.07) is 7.21. The summed E-state index contributed by atoms with van der Waals surface area (Å²) in [5.74, 6) is 0. The predicted molar refractivity (Wildman–Crippen MR) is 61.3 cm³/mol. The fraction of sp³-hybridized carbons (Fsp3) is 0. The average molecular weight is 292 g/mol. The number of halogens is 3. The second-order valence-corrected chi connectivity index (χ2v) is 4.29. The fourth-order valence-corrected chi connectivity index (χ4v) is 1.80. The molecule has 0 aliphatic rings. The molecule has 0 radical (unpaired) electrons. The number of benzene rings is 1. The molecule has 1 aromatic heterocycles. The minimum absolute atomic E-state index is 0.520. The van der Waals surface area contributed by atoms with Gasteiger partial charge in [-0.3, -0.25) is 0 Å². The molecule has 14 heavy (non-hydrogen) atoms. The van der Waals surface area contributed by atoms with Crippen LogP contribution in [0.5, 0.6) is 0 Å². The maximum Gasteiger partial charge on any atom is 0.109 e. The average Bonchev–Trinajstić information content (AvgIpc) is 2.57. The Morgan fingerprint density at radius 1 is 1.14 bits per heavy atom. The molecule has 0 bridgehead atoms. The van der Waals surface area contributed by atoms with Gasteiger partial charge in [-0.05, 0) is 40.2 Å². The van der Waals surface area contributed by atoms with Crippen LogP contribution in [0.15, 0.2) is 35.1 Å². The Labute approximate surface area is 99.6 Å². The van der Waals surface area contributed by atoms with Crippen molar-refractivity contribution in [1.29, 1.82) is 0 Å². The summed E-state index contributed by atoms with van der Waals surface area (Å²) in [5.41, 5.74) is 0.872. The molecule has 0 saturated carbocycles. The van der Waals surface area contributed by atoms with Gasteiger partial charge in [0.15, 0.2) is 0 Å². The van der Waals surface area contributed by atoms with Crippen LogP contribution in [-0.2, 0) is 0 Å². The molecule has 2 aromatic rings. The molecule has 0 amide bonds. The molecule has 0 aliphatic carbocycles. The molecule has 0 aliphatic heterocycles. The topological polar surface area (TPSA) is 17.8 Å². The van der Waals surface area contributed by atoms with Gasteiger partial charge in [0.25, 0.3) is 0 Å². The fourth-order valence-electron chi connectivity index (χ4n) is 1.09. The molecule has 5 heteroatoms. The van der Waals surface area contributed by atoms with E-state index in [2.05, 4.69) is 21.0 Å². The first-order valence-corrected chi connectivity index (χ1v) is 5.38. The van der Waals surface area contributed by atoms with Crippen LogP contribution in [0.1, 0.15) is 0 Å². The molecule has 0 spiro atoms. The number of aromatic nitrogens is 2. The zero-order chi connectivity index (χ0) is 10.1. The van der Waals surface area contributed by atoms with Crippen molar-refractivity contribution >= 4 is 39.1 Å². The zero-order valence-corrected chi connectivity index (χ0v) is 10.0. The van der Waals surface area contributed by atoms with Gasteiger partial charge >= 0.3 is 0 Å². The largest absolute Gasteiger partial charge is 0.227 e. The first-order valence-electron chi connectivity index (χ1n) is 3.83. The highest BCUT2D eigenvalue weighted by Crippen LogP contribution is 2.25. The third kappa shape index (κ3) is 1.80. The van der Waals surface area contributed by atoms with E-state index in [0.717, 1.165) is 10.3 Å². The smallest absolute Gasteiger partial charge is 0.109 e. The maximum absolute atomic E-state index is 5.89. The van der Waals surface area contributed by atoms with Crippen LogP contribution in [0.25, 0.3) is 5.69 Å². The van der Waals surface area contributed by atoms with Crippen molar-refractivity contribution in [3.63, 3.8) is 0 Å². The highest BCUT2D eigenvalue weighted by atomic mass is 79.9. The monoisotopic (exact) mass is 290 g/mol. The Bertz CT molecular complexity index is 468. The molecule has 0 fully saturated rings. The number of rotatable bonds is 1. The van der Waals surface area contributed by atoms with Gasteiger partial charge in [-0.1, -0.05) is 23.2 Å². The van der Waals surface area contributed by atoms with Gasteiger partial charge in [-0.25, -0.2) is 4.68 Å². The molecule has 1 aromatic carbocycles. The Kier molecular flexibility index (Phi) is 2.81. The van der Waals surface area contributed by atoms with Crippen LogP contribution >= 0.6 is 39.1 Å². The van der Waals surface area contributed by atoms with Crippen LogP contribution in [0.4, 0.5) is 0 Å². The van der Waals surface area contributed by atoms with E-state index in [1.807, 2.05) is 12.1 Å². The quantitative estimate of drug-likeness (QED) is 0.778. The van der Waals surface area contributed by atoms with E-state index in [-0.39, 0.29) is 0 Å². The maximum atomic E-state index is 5.89. The van der Waals surface area contributed by atoms with E-state index >= 15 is 0 Å². The van der Waals surface area contributed by atoms with E-state index < -0.39 is 0 Å². The van der Waals surface area contributed by atoms with Gasteiger partial charge in [0.05, 0.1) is 21.9 Å². The highest BCUT2D eigenvalue weighted by molar-refractivity contribution is 9.10. The van der Waals surface area contributed by atoms with Gasteiger partial charge in [0.1, 0.15) is 4.60 Å². The van der Waals surface area contributed by atoms with Crippen LogP contribution in [0, 0.1) is 0 Å². The van der Waals surface area contributed by atoms with Crippen molar-refractivity contribution in [2.45, 2.75) is 0 Å². The van der Waals surface area contributed by atoms with Gasteiger partial charge in [0.2, 0.25) is 0 Å². The summed E-state index contributed by atoms with van der Waals surface area (Å²) in [6.07, 6.45) is 1.70. The summed E-state index contributed by atoms with van der Waals surface area (Å²) in [6.45, 7) is 0. The molecule has 0 N–H and O–H groups in total. The standard InChI is InChI=1S/C9H5BrCl2N2/c10-9-3-4-13-14(9)6-1-2-7(11)8(12)5-6/h1-5H. The zero-order valence-electron chi connectivity index (χ0n) is 6.92. The summed E-state index contributed by atoms with van der Waals surface area (Å²) >= 11 is 15.1. The van der Waals surface area contributed by atoms with E-state index in [9.17, 15) is 0 Å². The molecule has 1 heterocycles. The Morgan fingerprint density at radius 2 is 1.93 bits per heavy atom. The van der Waals surface area contributed by atoms with Crippen molar-refractivity contribution < 1.29 is 0 Å². The van der Waals surface area contributed by atoms with E-state index in [4.69, 9.17) is 23.2 Å². The molecular formula is C9H5BrCl2N2. The lowest BCUT2D eigenvalue weighted by Gasteiger charge is -2.04. The molecule has 0 unspecified atom stereocenters. The first kappa shape index (κ1) is 10.0. The van der Waals surface area contributed by atoms with Crippen molar-refractivity contribution in [1.82, 2.24) is 9.78 Å². The summed E-state index contributed by atoms with van der Waals surface area (Å²) in [5, 5.41) is 5.19. The highest BCUT2D eigenvalue weighted by Gasteiger charge is 2.04. The molecular weight excluding hydrogens is 287 g/mol. The number of nitrogens with zero attached hydrogens (tertiary/aromatic N) is 2. The summed E-state index contributed by atoms with van der Waals surface area (Å²) in [7, 11) is 0. The SMILES string of the molecule is Clc1ccc(-n2nccc2Br)cc1Cl. The van der Waals surface area contributed by atoms with Gasteiger partial charge in [-0.15, -0.1) is 0 Å². The van der Waals surface area contributed by atoms with Crippen LogP contribution in [-0.4, -0.2) is 9.78 Å². The third-order valence-corrected chi connectivity index (χ3v) is 3.08. The summed E-state index contributed by atoms with van der Waals surface area (Å²) < 4.78 is 2.60. The Hall–Kier alpha value is -0.510. The van der Waals surface area contributed by atoms with Gasteiger partial charge < -0.3 is 0 Å². The number of hydrogen-bond acceptors (Lipinski definition) is 1. The van der Waals surface area contributed by atoms with Crippen molar-refractivity contribution in [2.24, 2.45) is 0 Å². The number of hydrogen-bond donors (Lipinski definition) is 0. The minimum atomic E-state index is 0.520. The lowest BCUT2D eigenvalue weighted by molar-refractivity contribution is 0.861. The Morgan fingerprint density at radius 3 is 2.50 bits per heavy atom.